The summed E-state index contributed by atoms with van der Waals surface area (Å²) in [5.74, 6) is 0.712. The molecule has 4 rings (SSSR count). The van der Waals surface area contributed by atoms with Gasteiger partial charge in [0.25, 0.3) is 0 Å². The van der Waals surface area contributed by atoms with Crippen molar-refractivity contribution in [3.63, 3.8) is 0 Å². The van der Waals surface area contributed by atoms with E-state index in [2.05, 4.69) is 20.5 Å². The number of amides is 2. The summed E-state index contributed by atoms with van der Waals surface area (Å²) in [4.78, 5) is 23.4. The second-order valence-corrected chi connectivity index (χ2v) is 11.2. The summed E-state index contributed by atoms with van der Waals surface area (Å²) < 4.78 is 30.5. The van der Waals surface area contributed by atoms with E-state index in [4.69, 9.17) is 14.8 Å². The molecule has 2 aromatic rings. The highest BCUT2D eigenvalue weighted by Gasteiger charge is 2.57. The first kappa shape index (κ1) is 25.3. The zero-order valence-electron chi connectivity index (χ0n) is 19.6. The van der Waals surface area contributed by atoms with E-state index in [0.29, 0.717) is 61.2 Å². The molecule has 2 aliphatic rings. The number of carbonyl (C=O) groups excluding carboxylic acids is 1. The van der Waals surface area contributed by atoms with Crippen LogP contribution in [0.15, 0.2) is 30.3 Å². The number of aromatic nitrogens is 2. The number of nitrogens with zero attached hydrogens (tertiary/aromatic N) is 3. The van der Waals surface area contributed by atoms with Crippen molar-refractivity contribution in [2.45, 2.75) is 30.6 Å². The molecule has 190 valence electrons. The maximum absolute atomic E-state index is 13.0. The first-order chi connectivity index (χ1) is 16.8. The van der Waals surface area contributed by atoms with Gasteiger partial charge in [-0.1, -0.05) is 0 Å². The van der Waals surface area contributed by atoms with Crippen LogP contribution in [0.25, 0.3) is 11.4 Å². The van der Waals surface area contributed by atoms with Gasteiger partial charge in [-0.05, 0) is 44.0 Å². The van der Waals surface area contributed by atoms with Gasteiger partial charge in [0, 0.05) is 30.4 Å². The molecular weight excluding hydrogens is 474 g/mol. The molecular formula is C23H31N5O6S. The number of hydrogen-bond donors (Lipinski definition) is 4. The van der Waals surface area contributed by atoms with Gasteiger partial charge in [0.2, 0.25) is 0 Å². The van der Waals surface area contributed by atoms with Crippen LogP contribution in [-0.2, 0) is 19.3 Å². The number of sulfone groups is 1. The van der Waals surface area contributed by atoms with E-state index in [9.17, 15) is 18.3 Å². The largest absolute Gasteiger partial charge is 0.395 e. The fourth-order valence-corrected chi connectivity index (χ4v) is 5.99. The van der Waals surface area contributed by atoms with Crippen molar-refractivity contribution in [2.24, 2.45) is 0 Å². The number of ether oxygens (including phenoxy) is 1. The van der Waals surface area contributed by atoms with E-state index >= 15 is 0 Å². The number of urea groups is 1. The second kappa shape index (κ2) is 10.4. The molecule has 1 saturated carbocycles. The van der Waals surface area contributed by atoms with E-state index in [1.54, 1.807) is 30.3 Å². The minimum Gasteiger partial charge on any atom is -0.395 e. The van der Waals surface area contributed by atoms with Crippen LogP contribution in [-0.4, -0.2) is 85.9 Å². The van der Waals surface area contributed by atoms with E-state index in [-0.39, 0.29) is 24.9 Å². The van der Waals surface area contributed by atoms with Gasteiger partial charge in [0.1, 0.15) is 10.6 Å². The Labute approximate surface area is 204 Å². The summed E-state index contributed by atoms with van der Waals surface area (Å²) in [6.45, 7) is 3.30. The van der Waals surface area contributed by atoms with Crippen LogP contribution in [0.3, 0.4) is 0 Å². The summed E-state index contributed by atoms with van der Waals surface area (Å²) >= 11 is 0. The Kier molecular flexibility index (Phi) is 7.55. The van der Waals surface area contributed by atoms with Crippen LogP contribution < -0.4 is 15.5 Å². The predicted octanol–water partition coefficient (Wildman–Crippen LogP) is 0.879. The quantitative estimate of drug-likeness (QED) is 0.389. The first-order valence-corrected chi connectivity index (χ1v) is 13.3. The standard InChI is InChI=1S/C23H31N5O6S/c1-16-15-34-12-9-28(16)20-14-19(23(6-7-23)35(32,33)13-11-30)26-21(27-20)17-2-4-18(5-3-17)25-22(31)24-8-10-29/h2-5,14,16,29-30H,6-13,15H2,1H3,(H2,24,25,31)/t16-/m0/s1. The minimum absolute atomic E-state index is 0.0626. The zero-order valence-corrected chi connectivity index (χ0v) is 20.4. The number of benzene rings is 1. The van der Waals surface area contributed by atoms with Crippen molar-refractivity contribution in [1.82, 2.24) is 15.3 Å². The Morgan fingerprint density at radius 1 is 1.20 bits per heavy atom. The zero-order chi connectivity index (χ0) is 25.1. The molecule has 12 heteroatoms. The van der Waals surface area contributed by atoms with Crippen molar-refractivity contribution < 1.29 is 28.2 Å². The Balaban J connectivity index is 1.69. The fraction of sp³-hybridized carbons (Fsp3) is 0.522. The van der Waals surface area contributed by atoms with Crippen molar-refractivity contribution in [3.05, 3.63) is 36.0 Å². The number of aliphatic hydroxyl groups is 2. The molecule has 1 aromatic carbocycles. The molecule has 1 aliphatic heterocycles. The number of hydrogen-bond acceptors (Lipinski definition) is 9. The lowest BCUT2D eigenvalue weighted by Gasteiger charge is -2.34. The molecule has 0 spiro atoms. The van der Waals surface area contributed by atoms with Crippen LogP contribution in [0.4, 0.5) is 16.3 Å². The summed E-state index contributed by atoms with van der Waals surface area (Å²) in [5, 5.41) is 23.3. The van der Waals surface area contributed by atoms with E-state index < -0.39 is 27.2 Å². The third-order valence-electron chi connectivity index (χ3n) is 6.30. The number of aliphatic hydroxyl groups excluding tert-OH is 2. The highest BCUT2D eigenvalue weighted by atomic mass is 32.2. The van der Waals surface area contributed by atoms with Gasteiger partial charge in [-0.3, -0.25) is 0 Å². The molecule has 11 nitrogen and oxygen atoms in total. The van der Waals surface area contributed by atoms with Crippen LogP contribution in [0.2, 0.25) is 0 Å². The lowest BCUT2D eigenvalue weighted by molar-refractivity contribution is 0.0985. The molecule has 2 heterocycles. The molecule has 2 fully saturated rings. The molecule has 35 heavy (non-hydrogen) atoms. The number of rotatable bonds is 9. The Morgan fingerprint density at radius 2 is 1.94 bits per heavy atom. The van der Waals surface area contributed by atoms with Crippen LogP contribution in [0.1, 0.15) is 25.5 Å². The number of anilines is 2. The average Bonchev–Trinajstić information content (AvgIpc) is 3.66. The molecule has 0 bridgehead atoms. The Bertz CT molecular complexity index is 1150. The van der Waals surface area contributed by atoms with Gasteiger partial charge in [-0.2, -0.15) is 0 Å². The SMILES string of the molecule is C[C@H]1COCCN1c1cc(C2(S(=O)(=O)CCO)CC2)nc(-c2ccc(NC(=O)NCCO)cc2)n1. The summed E-state index contributed by atoms with van der Waals surface area (Å²) in [6, 6.07) is 8.32. The van der Waals surface area contributed by atoms with Gasteiger partial charge >= 0.3 is 6.03 Å². The maximum Gasteiger partial charge on any atom is 0.319 e. The second-order valence-electron chi connectivity index (χ2n) is 8.77. The van der Waals surface area contributed by atoms with Gasteiger partial charge in [0.15, 0.2) is 15.7 Å². The summed E-state index contributed by atoms with van der Waals surface area (Å²) in [5.41, 5.74) is 1.66. The molecule has 0 radical (unpaired) electrons. The normalized spacial score (nSPS) is 19.3. The molecule has 1 aromatic heterocycles. The van der Waals surface area contributed by atoms with Crippen molar-refractivity contribution in [1.29, 1.82) is 0 Å². The Hall–Kier alpha value is -2.80. The Morgan fingerprint density at radius 3 is 2.57 bits per heavy atom. The molecule has 0 unspecified atom stereocenters. The third-order valence-corrected chi connectivity index (χ3v) is 8.83. The molecule has 2 amide bonds. The van der Waals surface area contributed by atoms with Gasteiger partial charge in [-0.25, -0.2) is 23.2 Å². The lowest BCUT2D eigenvalue weighted by atomic mass is 10.1. The third kappa shape index (κ3) is 5.40. The summed E-state index contributed by atoms with van der Waals surface area (Å²) in [6.07, 6.45) is 0.908. The first-order valence-electron chi connectivity index (χ1n) is 11.6. The maximum atomic E-state index is 13.0. The lowest BCUT2D eigenvalue weighted by Crippen LogP contribution is -2.44. The highest BCUT2D eigenvalue weighted by Crippen LogP contribution is 2.53. The number of carbonyl (C=O) groups is 1. The monoisotopic (exact) mass is 505 g/mol. The fourth-order valence-electron chi connectivity index (χ4n) is 4.21. The minimum atomic E-state index is -3.60. The molecule has 1 atom stereocenters. The molecule has 1 aliphatic carbocycles. The van der Waals surface area contributed by atoms with Gasteiger partial charge in [0.05, 0.1) is 43.9 Å². The van der Waals surface area contributed by atoms with Gasteiger partial charge in [-0.15, -0.1) is 0 Å². The topological polar surface area (TPSA) is 154 Å². The van der Waals surface area contributed by atoms with E-state index in [1.807, 2.05) is 6.92 Å². The average molecular weight is 506 g/mol. The van der Waals surface area contributed by atoms with E-state index in [0.717, 1.165) is 0 Å². The van der Waals surface area contributed by atoms with E-state index in [1.165, 1.54) is 0 Å². The van der Waals surface area contributed by atoms with Crippen LogP contribution in [0.5, 0.6) is 0 Å². The van der Waals surface area contributed by atoms with Crippen molar-refractivity contribution >= 4 is 27.4 Å². The highest BCUT2D eigenvalue weighted by molar-refractivity contribution is 7.92. The van der Waals surface area contributed by atoms with Crippen molar-refractivity contribution in [2.75, 3.05) is 55.5 Å². The van der Waals surface area contributed by atoms with Crippen molar-refractivity contribution in [3.8, 4) is 11.4 Å². The molecule has 1 saturated heterocycles. The number of morpholine rings is 1. The van der Waals surface area contributed by atoms with Crippen LogP contribution >= 0.6 is 0 Å². The van der Waals surface area contributed by atoms with Crippen LogP contribution in [0, 0.1) is 0 Å². The number of nitrogens with one attached hydrogen (secondary N) is 2. The molecule has 4 N–H and O–H groups in total. The summed E-state index contributed by atoms with van der Waals surface area (Å²) in [7, 11) is -3.60. The van der Waals surface area contributed by atoms with Gasteiger partial charge < -0.3 is 30.5 Å². The smallest absolute Gasteiger partial charge is 0.319 e. The predicted molar refractivity (Wildman–Crippen MR) is 131 cm³/mol.